The van der Waals surface area contributed by atoms with Gasteiger partial charge in [0.2, 0.25) is 0 Å². The molecule has 2 rings (SSSR count). The van der Waals surface area contributed by atoms with Crippen LogP contribution in [0.3, 0.4) is 0 Å². The Hall–Kier alpha value is -2.02. The van der Waals surface area contributed by atoms with Crippen molar-refractivity contribution < 1.29 is 0 Å². The summed E-state index contributed by atoms with van der Waals surface area (Å²) in [4.78, 5) is 0. The first kappa shape index (κ1) is 9.53. The van der Waals surface area contributed by atoms with Gasteiger partial charge in [0.05, 0.1) is 0 Å². The zero-order valence-electron chi connectivity index (χ0n) is 8.43. The molecule has 0 heterocycles. The Labute approximate surface area is 89.9 Å². The summed E-state index contributed by atoms with van der Waals surface area (Å²) in [5, 5.41) is 0. The second-order valence-corrected chi connectivity index (χ2v) is 3.37. The minimum Gasteiger partial charge on any atom is -0.398 e. The molecule has 2 aromatic rings. The molecule has 0 aromatic heterocycles. The minimum absolute atomic E-state index is 0.810. The zero-order chi connectivity index (χ0) is 10.5. The highest BCUT2D eigenvalue weighted by molar-refractivity contribution is 5.75. The third-order valence-corrected chi connectivity index (χ3v) is 2.25. The average molecular weight is 195 g/mol. The van der Waals surface area contributed by atoms with Crippen molar-refractivity contribution in [3.8, 4) is 0 Å². The van der Waals surface area contributed by atoms with Gasteiger partial charge >= 0.3 is 0 Å². The van der Waals surface area contributed by atoms with E-state index in [-0.39, 0.29) is 0 Å². The van der Waals surface area contributed by atoms with Crippen LogP contribution in [0.5, 0.6) is 0 Å². The van der Waals surface area contributed by atoms with E-state index in [1.54, 1.807) is 0 Å². The van der Waals surface area contributed by atoms with Crippen molar-refractivity contribution in [1.29, 1.82) is 0 Å². The number of hydrogen-bond donors (Lipinski definition) is 1. The molecule has 0 saturated heterocycles. The molecule has 15 heavy (non-hydrogen) atoms. The molecule has 0 radical (unpaired) electrons. The van der Waals surface area contributed by atoms with Gasteiger partial charge in [0.25, 0.3) is 0 Å². The summed E-state index contributed by atoms with van der Waals surface area (Å²) in [6, 6.07) is 18.0. The molecule has 0 aliphatic rings. The first-order chi connectivity index (χ1) is 7.36. The monoisotopic (exact) mass is 195 g/mol. The van der Waals surface area contributed by atoms with Gasteiger partial charge in [-0.25, -0.2) is 0 Å². The smallest absolute Gasteiger partial charge is 0.0387 e. The van der Waals surface area contributed by atoms with Crippen molar-refractivity contribution in [1.82, 2.24) is 0 Å². The van der Waals surface area contributed by atoms with Crippen molar-refractivity contribution in [3.05, 3.63) is 65.7 Å². The molecule has 0 aliphatic heterocycles. The summed E-state index contributed by atoms with van der Waals surface area (Å²) in [5.74, 6) is 0. The number of rotatable bonds is 2. The lowest BCUT2D eigenvalue weighted by atomic mass is 10.1. The fourth-order valence-corrected chi connectivity index (χ4v) is 1.41. The van der Waals surface area contributed by atoms with Crippen LogP contribution < -0.4 is 5.73 Å². The largest absolute Gasteiger partial charge is 0.398 e. The first-order valence-electron chi connectivity index (χ1n) is 4.94. The summed E-state index contributed by atoms with van der Waals surface area (Å²) >= 11 is 0. The zero-order valence-corrected chi connectivity index (χ0v) is 8.43. The van der Waals surface area contributed by atoms with Gasteiger partial charge in [-0.05, 0) is 17.2 Å². The number of nitrogen functional groups attached to an aromatic ring is 1. The van der Waals surface area contributed by atoms with E-state index in [4.69, 9.17) is 5.73 Å². The van der Waals surface area contributed by atoms with Gasteiger partial charge in [-0.15, -0.1) is 0 Å². The van der Waals surface area contributed by atoms with Gasteiger partial charge in [0.1, 0.15) is 0 Å². The Kier molecular flexibility index (Phi) is 2.84. The van der Waals surface area contributed by atoms with Crippen LogP contribution in [0.1, 0.15) is 11.1 Å². The predicted molar refractivity (Wildman–Crippen MR) is 66.2 cm³/mol. The lowest BCUT2D eigenvalue weighted by molar-refractivity contribution is 1.63. The molecule has 74 valence electrons. The SMILES string of the molecule is Nc1ccccc1C=Cc1ccccc1. The molecule has 0 fully saturated rings. The van der Waals surface area contributed by atoms with Crippen LogP contribution in [0, 0.1) is 0 Å². The fraction of sp³-hybridized carbons (Fsp3) is 0. The molecule has 0 amide bonds. The van der Waals surface area contributed by atoms with Crippen LogP contribution in [-0.4, -0.2) is 0 Å². The second-order valence-electron chi connectivity index (χ2n) is 3.37. The van der Waals surface area contributed by atoms with Crippen molar-refractivity contribution in [2.75, 3.05) is 5.73 Å². The second kappa shape index (κ2) is 4.47. The molecule has 2 aromatic carbocycles. The molecule has 0 aliphatic carbocycles. The molecule has 1 nitrogen and oxygen atoms in total. The third-order valence-electron chi connectivity index (χ3n) is 2.25. The Morgan fingerprint density at radius 2 is 1.40 bits per heavy atom. The summed E-state index contributed by atoms with van der Waals surface area (Å²) in [7, 11) is 0. The van der Waals surface area contributed by atoms with E-state index in [9.17, 15) is 0 Å². The summed E-state index contributed by atoms with van der Waals surface area (Å²) in [6.45, 7) is 0. The van der Waals surface area contributed by atoms with Gasteiger partial charge in [-0.2, -0.15) is 0 Å². The molecule has 0 bridgehead atoms. The highest BCUT2D eigenvalue weighted by atomic mass is 14.5. The molecule has 0 saturated carbocycles. The normalized spacial score (nSPS) is 10.7. The summed E-state index contributed by atoms with van der Waals surface area (Å²) < 4.78 is 0. The van der Waals surface area contributed by atoms with Gasteiger partial charge in [-0.1, -0.05) is 60.7 Å². The Morgan fingerprint density at radius 3 is 2.13 bits per heavy atom. The van der Waals surface area contributed by atoms with Gasteiger partial charge in [0.15, 0.2) is 0 Å². The maximum Gasteiger partial charge on any atom is 0.0387 e. The molecular formula is C14H13N. The van der Waals surface area contributed by atoms with Crippen LogP contribution in [0.2, 0.25) is 0 Å². The Balaban J connectivity index is 2.23. The summed E-state index contributed by atoms with van der Waals surface area (Å²) in [5.41, 5.74) is 8.88. The highest BCUT2D eigenvalue weighted by Crippen LogP contribution is 2.14. The Bertz CT molecular complexity index is 458. The predicted octanol–water partition coefficient (Wildman–Crippen LogP) is 3.44. The number of nitrogens with two attached hydrogens (primary N) is 1. The van der Waals surface area contributed by atoms with Crippen LogP contribution >= 0.6 is 0 Å². The quantitative estimate of drug-likeness (QED) is 0.576. The number of para-hydroxylation sites is 1. The molecule has 2 N–H and O–H groups in total. The molecule has 1 heteroatoms. The lowest BCUT2D eigenvalue weighted by Gasteiger charge is -1.98. The van der Waals surface area contributed by atoms with Crippen LogP contribution in [0.25, 0.3) is 12.2 Å². The minimum atomic E-state index is 0.810. The Morgan fingerprint density at radius 1 is 0.733 bits per heavy atom. The van der Waals surface area contributed by atoms with Crippen LogP contribution in [-0.2, 0) is 0 Å². The van der Waals surface area contributed by atoms with E-state index in [2.05, 4.69) is 18.2 Å². The maximum absolute atomic E-state index is 5.83. The molecular weight excluding hydrogens is 182 g/mol. The van der Waals surface area contributed by atoms with E-state index in [1.165, 1.54) is 5.56 Å². The average Bonchev–Trinajstić information content (AvgIpc) is 2.29. The lowest BCUT2D eigenvalue weighted by Crippen LogP contribution is -1.87. The number of anilines is 1. The molecule has 0 spiro atoms. The van der Waals surface area contributed by atoms with Gasteiger partial charge in [0, 0.05) is 5.69 Å². The van der Waals surface area contributed by atoms with Crippen LogP contribution in [0.4, 0.5) is 5.69 Å². The van der Waals surface area contributed by atoms with Crippen molar-refractivity contribution in [2.45, 2.75) is 0 Å². The highest BCUT2D eigenvalue weighted by Gasteiger charge is 1.91. The fourth-order valence-electron chi connectivity index (χ4n) is 1.41. The number of benzene rings is 2. The van der Waals surface area contributed by atoms with Crippen molar-refractivity contribution in [3.63, 3.8) is 0 Å². The maximum atomic E-state index is 5.83. The van der Waals surface area contributed by atoms with Gasteiger partial charge < -0.3 is 5.73 Å². The topological polar surface area (TPSA) is 26.0 Å². The van der Waals surface area contributed by atoms with E-state index in [0.717, 1.165) is 11.3 Å². The van der Waals surface area contributed by atoms with E-state index < -0.39 is 0 Å². The van der Waals surface area contributed by atoms with E-state index in [1.807, 2.05) is 48.5 Å². The first-order valence-corrected chi connectivity index (χ1v) is 4.94. The third kappa shape index (κ3) is 2.47. The summed E-state index contributed by atoms with van der Waals surface area (Å²) in [6.07, 6.45) is 4.09. The molecule has 0 unspecified atom stereocenters. The van der Waals surface area contributed by atoms with Crippen LogP contribution in [0.15, 0.2) is 54.6 Å². The standard InChI is InChI=1S/C14H13N/c15-14-9-5-4-8-13(14)11-10-12-6-2-1-3-7-12/h1-11H,15H2. The molecule has 0 atom stereocenters. The van der Waals surface area contributed by atoms with E-state index in [0.29, 0.717) is 0 Å². The number of hydrogen-bond acceptors (Lipinski definition) is 1. The van der Waals surface area contributed by atoms with E-state index >= 15 is 0 Å². The van der Waals surface area contributed by atoms with Crippen molar-refractivity contribution in [2.24, 2.45) is 0 Å². The van der Waals surface area contributed by atoms with Crippen molar-refractivity contribution >= 4 is 17.8 Å². The van der Waals surface area contributed by atoms with Gasteiger partial charge in [-0.3, -0.25) is 0 Å².